The molecule has 0 saturated carbocycles. The van der Waals surface area contributed by atoms with Gasteiger partial charge in [-0.15, -0.1) is 0 Å². The molecule has 2 N–H and O–H groups in total. The number of hydrogen-bond acceptors (Lipinski definition) is 6. The molecule has 32 heavy (non-hydrogen) atoms. The summed E-state index contributed by atoms with van der Waals surface area (Å²) in [6.07, 6.45) is 0.220. The number of nitro benzene ring substituents is 1. The van der Waals surface area contributed by atoms with E-state index in [1.807, 2.05) is 0 Å². The maximum atomic E-state index is 13.0. The van der Waals surface area contributed by atoms with Gasteiger partial charge >= 0.3 is 0 Å². The van der Waals surface area contributed by atoms with Gasteiger partial charge in [-0.3, -0.25) is 19.7 Å². The molecule has 0 aliphatic carbocycles. The molecule has 2 amide bonds. The topological polar surface area (TPSA) is 135 Å². The number of hydrogen-bond donors (Lipinski definition) is 2. The van der Waals surface area contributed by atoms with E-state index in [0.29, 0.717) is 5.56 Å². The van der Waals surface area contributed by atoms with Crippen molar-refractivity contribution in [3.63, 3.8) is 0 Å². The largest absolute Gasteiger partial charge is 0.347 e. The van der Waals surface area contributed by atoms with Crippen LogP contribution in [0.15, 0.2) is 47.4 Å². The number of nitrogens with zero attached hydrogens (tertiary/aromatic N) is 1. The van der Waals surface area contributed by atoms with Gasteiger partial charge in [0.15, 0.2) is 9.84 Å². The first-order valence-corrected chi connectivity index (χ1v) is 11.9. The summed E-state index contributed by atoms with van der Waals surface area (Å²) in [6, 6.07) is 8.53. The van der Waals surface area contributed by atoms with Crippen molar-refractivity contribution >= 4 is 38.9 Å². The lowest BCUT2D eigenvalue weighted by molar-refractivity contribution is -0.384. The zero-order chi connectivity index (χ0) is 23.6. The van der Waals surface area contributed by atoms with E-state index in [0.717, 1.165) is 12.1 Å². The number of sulfone groups is 1. The molecule has 0 radical (unpaired) electrons. The van der Waals surface area contributed by atoms with E-state index >= 15 is 0 Å². The van der Waals surface area contributed by atoms with Gasteiger partial charge in [0.1, 0.15) is 6.04 Å². The number of halogens is 1. The molecule has 0 saturated heterocycles. The summed E-state index contributed by atoms with van der Waals surface area (Å²) in [7, 11) is -3.40. The summed E-state index contributed by atoms with van der Waals surface area (Å²) in [6.45, 7) is 3.50. The molecule has 0 spiro atoms. The monoisotopic (exact) mass is 479 g/mol. The van der Waals surface area contributed by atoms with Crippen molar-refractivity contribution in [2.24, 2.45) is 5.92 Å². The summed E-state index contributed by atoms with van der Waals surface area (Å²) in [5, 5.41) is 16.2. The van der Waals surface area contributed by atoms with Gasteiger partial charge in [0.2, 0.25) is 5.91 Å². The highest BCUT2D eigenvalue weighted by molar-refractivity contribution is 7.91. The Kier molecular flexibility index (Phi) is 6.85. The van der Waals surface area contributed by atoms with Gasteiger partial charge in [0.25, 0.3) is 11.6 Å². The van der Waals surface area contributed by atoms with Gasteiger partial charge in [-0.05, 0) is 30.0 Å². The van der Waals surface area contributed by atoms with E-state index in [9.17, 15) is 28.1 Å². The maximum absolute atomic E-state index is 13.0. The Balaban J connectivity index is 1.79. The predicted molar refractivity (Wildman–Crippen MR) is 118 cm³/mol. The smallest absolute Gasteiger partial charge is 0.270 e. The summed E-state index contributed by atoms with van der Waals surface area (Å²) in [5.74, 6) is -1.50. The number of nitrogens with one attached hydrogen (secondary N) is 2. The first-order valence-electron chi connectivity index (χ1n) is 9.88. The number of amides is 2. The van der Waals surface area contributed by atoms with Crippen LogP contribution in [0.25, 0.3) is 0 Å². The minimum Gasteiger partial charge on any atom is -0.347 e. The normalized spacial score (nSPS) is 17.8. The van der Waals surface area contributed by atoms with Crippen LogP contribution in [0.1, 0.15) is 42.2 Å². The third-order valence-corrected chi connectivity index (χ3v) is 7.39. The number of fused-ring (bicyclic) bond motifs is 1. The molecular formula is C21H22ClN3O6S. The summed E-state index contributed by atoms with van der Waals surface area (Å²) < 4.78 is 24.6. The first-order chi connectivity index (χ1) is 15.0. The molecule has 0 bridgehead atoms. The molecular weight excluding hydrogens is 458 g/mol. The standard InChI is InChI=1S/C21H22ClN3O6S/c1-12(2)19(24-20(26)14-8-7-13(25(28)29)11-16(14)22)21(27)23-17-9-10-32(30,31)18-6-4-3-5-15(17)18/h3-8,11-12,17,19H,9-10H2,1-2H3,(H,23,27)(H,24,26)/t17-,19-/m1/s1. The van der Waals surface area contributed by atoms with E-state index in [-0.39, 0.29) is 39.3 Å². The van der Waals surface area contributed by atoms with Gasteiger partial charge < -0.3 is 10.6 Å². The first kappa shape index (κ1) is 23.7. The van der Waals surface area contributed by atoms with Crippen LogP contribution in [0.5, 0.6) is 0 Å². The molecule has 0 unspecified atom stereocenters. The van der Waals surface area contributed by atoms with E-state index in [2.05, 4.69) is 10.6 Å². The van der Waals surface area contributed by atoms with Crippen molar-refractivity contribution in [1.29, 1.82) is 0 Å². The van der Waals surface area contributed by atoms with E-state index in [4.69, 9.17) is 11.6 Å². The average Bonchev–Trinajstić information content (AvgIpc) is 2.73. The molecule has 2 aromatic rings. The minimum atomic E-state index is -3.40. The zero-order valence-electron chi connectivity index (χ0n) is 17.4. The van der Waals surface area contributed by atoms with Crippen molar-refractivity contribution < 1.29 is 22.9 Å². The molecule has 9 nitrogen and oxygen atoms in total. The van der Waals surface area contributed by atoms with Crippen LogP contribution in [0.4, 0.5) is 5.69 Å². The van der Waals surface area contributed by atoms with Crippen molar-refractivity contribution in [2.75, 3.05) is 5.75 Å². The van der Waals surface area contributed by atoms with E-state index < -0.39 is 38.7 Å². The summed E-state index contributed by atoms with van der Waals surface area (Å²) in [5.41, 5.74) is 0.264. The molecule has 2 atom stereocenters. The molecule has 170 valence electrons. The van der Waals surface area contributed by atoms with Crippen molar-refractivity contribution in [1.82, 2.24) is 10.6 Å². The number of carbonyl (C=O) groups is 2. The molecule has 1 aliphatic rings. The average molecular weight is 480 g/mol. The van der Waals surface area contributed by atoms with E-state index in [1.54, 1.807) is 32.0 Å². The van der Waals surface area contributed by atoms with Crippen molar-refractivity contribution in [3.8, 4) is 0 Å². The lowest BCUT2D eigenvalue weighted by atomic mass is 9.99. The lowest BCUT2D eigenvalue weighted by Gasteiger charge is -2.29. The molecule has 1 aliphatic heterocycles. The number of rotatable bonds is 6. The van der Waals surface area contributed by atoms with Crippen molar-refractivity contribution in [2.45, 2.75) is 37.2 Å². The summed E-state index contributed by atoms with van der Waals surface area (Å²) in [4.78, 5) is 36.2. The third-order valence-electron chi connectivity index (χ3n) is 5.27. The van der Waals surface area contributed by atoms with Gasteiger partial charge in [0, 0.05) is 12.1 Å². The SMILES string of the molecule is CC(C)[C@@H](NC(=O)c1ccc([N+](=O)[O-])cc1Cl)C(=O)N[C@@H]1CCS(=O)(=O)c2ccccc21. The Hall–Kier alpha value is -2.98. The highest BCUT2D eigenvalue weighted by Crippen LogP contribution is 2.32. The maximum Gasteiger partial charge on any atom is 0.270 e. The fourth-order valence-electron chi connectivity index (χ4n) is 3.56. The van der Waals surface area contributed by atoms with Gasteiger partial charge in [-0.1, -0.05) is 43.6 Å². The Morgan fingerprint density at radius 2 is 1.88 bits per heavy atom. The number of carbonyl (C=O) groups excluding carboxylic acids is 2. The molecule has 0 aromatic heterocycles. The number of benzene rings is 2. The molecule has 3 rings (SSSR count). The second-order valence-electron chi connectivity index (χ2n) is 7.82. The zero-order valence-corrected chi connectivity index (χ0v) is 18.9. The molecule has 0 fully saturated rings. The van der Waals surface area contributed by atoms with Crippen LogP contribution in [0, 0.1) is 16.0 Å². The lowest BCUT2D eigenvalue weighted by Crippen LogP contribution is -2.51. The minimum absolute atomic E-state index is 0.00446. The highest BCUT2D eigenvalue weighted by atomic mass is 35.5. The van der Waals surface area contributed by atoms with Gasteiger partial charge in [0.05, 0.1) is 32.2 Å². The van der Waals surface area contributed by atoms with Gasteiger partial charge in [-0.2, -0.15) is 0 Å². The Bertz CT molecular complexity index is 1180. The Morgan fingerprint density at radius 1 is 1.19 bits per heavy atom. The van der Waals surface area contributed by atoms with Crippen LogP contribution in [-0.2, 0) is 14.6 Å². The molecule has 11 heteroatoms. The van der Waals surface area contributed by atoms with Crippen LogP contribution >= 0.6 is 11.6 Å². The predicted octanol–water partition coefficient (Wildman–Crippen LogP) is 3.04. The Morgan fingerprint density at radius 3 is 2.50 bits per heavy atom. The van der Waals surface area contributed by atoms with Crippen LogP contribution in [-0.4, -0.2) is 37.0 Å². The fourth-order valence-corrected chi connectivity index (χ4v) is 5.44. The summed E-state index contributed by atoms with van der Waals surface area (Å²) >= 11 is 6.03. The fraction of sp³-hybridized carbons (Fsp3) is 0.333. The quantitative estimate of drug-likeness (QED) is 0.482. The number of nitro groups is 1. The van der Waals surface area contributed by atoms with Crippen LogP contribution < -0.4 is 10.6 Å². The molecule has 1 heterocycles. The van der Waals surface area contributed by atoms with Crippen LogP contribution in [0.3, 0.4) is 0 Å². The van der Waals surface area contributed by atoms with Crippen LogP contribution in [0.2, 0.25) is 5.02 Å². The molecule has 2 aromatic carbocycles. The Labute approximate surface area is 190 Å². The van der Waals surface area contributed by atoms with Crippen molar-refractivity contribution in [3.05, 3.63) is 68.7 Å². The van der Waals surface area contributed by atoms with Gasteiger partial charge in [-0.25, -0.2) is 8.42 Å². The number of non-ortho nitro benzene ring substituents is 1. The van der Waals surface area contributed by atoms with E-state index in [1.165, 1.54) is 12.1 Å². The third kappa shape index (κ3) is 4.91. The second kappa shape index (κ2) is 9.25. The highest BCUT2D eigenvalue weighted by Gasteiger charge is 2.33. The second-order valence-corrected chi connectivity index (χ2v) is 10.3.